The molecule has 1 aromatic carbocycles. The Balaban J connectivity index is 0.921. The molecule has 3 fully saturated rings. The van der Waals surface area contributed by atoms with Crippen LogP contribution in [0.5, 0.6) is 5.75 Å². The quantitative estimate of drug-likeness (QED) is 0.151. The maximum Gasteiger partial charge on any atom is 0.306 e. The fourth-order valence-corrected chi connectivity index (χ4v) is 9.73. The molecule has 0 aliphatic heterocycles. The van der Waals surface area contributed by atoms with Gasteiger partial charge in [-0.25, -0.2) is 0 Å². The molecule has 1 amide bonds. The number of esters is 1. The fourth-order valence-electron chi connectivity index (χ4n) is 9.73. The molecule has 1 aromatic heterocycles. The van der Waals surface area contributed by atoms with E-state index in [1.165, 1.54) is 38.5 Å². The summed E-state index contributed by atoms with van der Waals surface area (Å²) in [6.45, 7) is 7.65. The van der Waals surface area contributed by atoms with Crippen LogP contribution in [-0.2, 0) is 14.3 Å². The molecule has 0 bridgehead atoms. The van der Waals surface area contributed by atoms with E-state index >= 15 is 0 Å². The molecule has 2 aromatic rings. The monoisotopic (exact) mass is 615 g/mol. The van der Waals surface area contributed by atoms with Gasteiger partial charge in [0.2, 0.25) is 5.91 Å². The Hall–Kier alpha value is -3.09. The number of allylic oxidation sites excluding steroid dienone is 2. The van der Waals surface area contributed by atoms with Crippen molar-refractivity contribution in [1.82, 2.24) is 10.3 Å². The average molecular weight is 616 g/mol. The van der Waals surface area contributed by atoms with Gasteiger partial charge in [0.25, 0.3) is 0 Å². The van der Waals surface area contributed by atoms with Crippen LogP contribution >= 0.6 is 0 Å². The number of rotatable bonds is 11. The van der Waals surface area contributed by atoms with Crippen molar-refractivity contribution in [3.63, 3.8) is 0 Å². The van der Waals surface area contributed by atoms with Gasteiger partial charge in [0.1, 0.15) is 11.9 Å². The van der Waals surface area contributed by atoms with E-state index < -0.39 is 0 Å². The second-order valence-corrected chi connectivity index (χ2v) is 14.9. The topological polar surface area (TPSA) is 89.6 Å². The molecule has 4 aliphatic carbocycles. The number of hydrogen-bond donors (Lipinski definition) is 2. The Morgan fingerprint density at radius 1 is 1.09 bits per heavy atom. The first kappa shape index (κ1) is 31.9. The van der Waals surface area contributed by atoms with Crippen LogP contribution in [0.2, 0.25) is 0 Å². The molecule has 7 heteroatoms. The standard InChI is InChI=1S/C38H53N3O4/c1-25(41-32-24-28(44-4)23-26-10-8-22-40-36(26)32)9-7-21-39-34(42)16-17-35(43)45-33-15-14-30-29-13-12-27-11-5-6-19-37(27,2)31(29)18-20-38(30,33)3/h8,10,12,22-25,29-31,33,41H,5-7,9,11,13-21H2,1-4H3,(H,39,42). The first-order valence-electron chi connectivity index (χ1n) is 17.6. The van der Waals surface area contributed by atoms with E-state index in [4.69, 9.17) is 9.47 Å². The molecule has 3 saturated carbocycles. The van der Waals surface area contributed by atoms with Crippen LogP contribution in [0.4, 0.5) is 5.69 Å². The lowest BCUT2D eigenvalue weighted by molar-refractivity contribution is -0.160. The molecule has 45 heavy (non-hydrogen) atoms. The minimum Gasteiger partial charge on any atom is -0.497 e. The number of aromatic nitrogens is 1. The minimum absolute atomic E-state index is 0.0190. The lowest BCUT2D eigenvalue weighted by Gasteiger charge is -2.57. The van der Waals surface area contributed by atoms with Crippen molar-refractivity contribution < 1.29 is 19.1 Å². The molecular formula is C38H53N3O4. The van der Waals surface area contributed by atoms with Gasteiger partial charge in [-0.15, -0.1) is 0 Å². The van der Waals surface area contributed by atoms with Crippen LogP contribution in [0.25, 0.3) is 10.9 Å². The summed E-state index contributed by atoms with van der Waals surface area (Å²) in [5.41, 5.74) is 4.05. The molecule has 0 radical (unpaired) electrons. The number of carbonyl (C=O) groups is 2. The maximum absolute atomic E-state index is 12.9. The van der Waals surface area contributed by atoms with E-state index in [-0.39, 0.29) is 42.3 Å². The Morgan fingerprint density at radius 3 is 2.80 bits per heavy atom. The van der Waals surface area contributed by atoms with E-state index in [2.05, 4.69) is 42.5 Å². The summed E-state index contributed by atoms with van der Waals surface area (Å²) in [7, 11) is 1.67. The van der Waals surface area contributed by atoms with Gasteiger partial charge in [-0.2, -0.15) is 0 Å². The second kappa shape index (κ2) is 13.3. The molecule has 7 atom stereocenters. The van der Waals surface area contributed by atoms with E-state index in [1.807, 2.05) is 24.3 Å². The molecule has 1 heterocycles. The molecule has 7 nitrogen and oxygen atoms in total. The third-order valence-corrected chi connectivity index (χ3v) is 12.2. The highest BCUT2D eigenvalue weighted by atomic mass is 16.5. The largest absolute Gasteiger partial charge is 0.497 e. The van der Waals surface area contributed by atoms with Crippen molar-refractivity contribution in [1.29, 1.82) is 0 Å². The number of pyridine rings is 1. The molecule has 0 saturated heterocycles. The highest BCUT2D eigenvalue weighted by molar-refractivity contribution is 5.92. The van der Waals surface area contributed by atoms with Gasteiger partial charge in [0.05, 0.1) is 24.7 Å². The third-order valence-electron chi connectivity index (χ3n) is 12.2. The van der Waals surface area contributed by atoms with Crippen LogP contribution < -0.4 is 15.4 Å². The summed E-state index contributed by atoms with van der Waals surface area (Å²) < 4.78 is 11.6. The van der Waals surface area contributed by atoms with E-state index in [9.17, 15) is 9.59 Å². The summed E-state index contributed by atoms with van der Waals surface area (Å²) in [6.07, 6.45) is 17.5. The number of hydrogen-bond acceptors (Lipinski definition) is 6. The van der Waals surface area contributed by atoms with Gasteiger partial charge in [0, 0.05) is 42.1 Å². The van der Waals surface area contributed by atoms with Gasteiger partial charge in [-0.05, 0) is 106 Å². The van der Waals surface area contributed by atoms with Crippen LogP contribution in [0.1, 0.15) is 104 Å². The van der Waals surface area contributed by atoms with Crippen molar-refractivity contribution >= 4 is 28.5 Å². The zero-order chi connectivity index (χ0) is 31.6. The van der Waals surface area contributed by atoms with E-state index in [1.54, 1.807) is 18.9 Å². The predicted octanol–water partition coefficient (Wildman–Crippen LogP) is 7.99. The minimum atomic E-state index is -0.221. The molecule has 244 valence electrons. The van der Waals surface area contributed by atoms with Gasteiger partial charge < -0.3 is 20.1 Å². The zero-order valence-corrected chi connectivity index (χ0v) is 27.8. The Morgan fingerprint density at radius 2 is 1.96 bits per heavy atom. The average Bonchev–Trinajstić information content (AvgIpc) is 3.37. The summed E-state index contributed by atoms with van der Waals surface area (Å²) in [5, 5.41) is 7.58. The van der Waals surface area contributed by atoms with Gasteiger partial charge in [-0.1, -0.05) is 38.0 Å². The Labute approximate surface area is 269 Å². The van der Waals surface area contributed by atoms with Gasteiger partial charge in [0.15, 0.2) is 0 Å². The summed E-state index contributed by atoms with van der Waals surface area (Å²) in [6, 6.07) is 8.10. The van der Waals surface area contributed by atoms with E-state index in [0.29, 0.717) is 17.9 Å². The Bertz CT molecular complexity index is 1420. The normalized spacial score (nSPS) is 31.2. The molecule has 0 spiro atoms. The number of nitrogens with zero attached hydrogens (tertiary/aromatic N) is 1. The van der Waals surface area contributed by atoms with Crippen molar-refractivity contribution in [3.05, 3.63) is 42.1 Å². The summed E-state index contributed by atoms with van der Waals surface area (Å²) in [4.78, 5) is 30.0. The lowest BCUT2D eigenvalue weighted by Crippen LogP contribution is -2.50. The van der Waals surface area contributed by atoms with Crippen molar-refractivity contribution in [2.24, 2.45) is 28.6 Å². The SMILES string of the molecule is COc1cc(NC(C)CCCNC(=O)CCC(=O)OC2CCC3C4CC=C5CCCCC5(C)C4CCC23C)c2ncccc2c1. The maximum atomic E-state index is 12.9. The highest BCUT2D eigenvalue weighted by Gasteiger charge is 2.59. The molecule has 6 rings (SSSR count). The number of nitrogens with one attached hydrogen (secondary N) is 2. The first-order valence-corrected chi connectivity index (χ1v) is 17.6. The number of anilines is 1. The second-order valence-electron chi connectivity index (χ2n) is 14.9. The summed E-state index contributed by atoms with van der Waals surface area (Å²) in [5.74, 6) is 2.61. The molecule has 2 N–H and O–H groups in total. The van der Waals surface area contributed by atoms with Gasteiger partial charge in [-0.3, -0.25) is 14.6 Å². The van der Waals surface area contributed by atoms with Crippen LogP contribution in [0.3, 0.4) is 0 Å². The van der Waals surface area contributed by atoms with E-state index in [0.717, 1.165) is 66.3 Å². The van der Waals surface area contributed by atoms with Crippen molar-refractivity contribution in [2.75, 3.05) is 19.0 Å². The fraction of sp³-hybridized carbons (Fsp3) is 0.658. The number of methoxy groups -OCH3 is 1. The van der Waals surface area contributed by atoms with Gasteiger partial charge >= 0.3 is 5.97 Å². The Kier molecular flexibility index (Phi) is 9.44. The summed E-state index contributed by atoms with van der Waals surface area (Å²) >= 11 is 0. The number of fused-ring (bicyclic) bond motifs is 6. The van der Waals surface area contributed by atoms with Crippen molar-refractivity contribution in [3.8, 4) is 5.75 Å². The number of benzene rings is 1. The van der Waals surface area contributed by atoms with Crippen LogP contribution in [0, 0.1) is 28.6 Å². The number of carbonyl (C=O) groups excluding carboxylic acids is 2. The molecule has 4 aliphatic rings. The van der Waals surface area contributed by atoms with Crippen molar-refractivity contribution in [2.45, 2.75) is 116 Å². The number of amides is 1. The van der Waals surface area contributed by atoms with Crippen LogP contribution in [0.15, 0.2) is 42.1 Å². The zero-order valence-electron chi connectivity index (χ0n) is 27.8. The lowest BCUT2D eigenvalue weighted by atomic mass is 9.48. The smallest absolute Gasteiger partial charge is 0.306 e. The molecule has 7 unspecified atom stereocenters. The van der Waals surface area contributed by atoms with Crippen LogP contribution in [-0.4, -0.2) is 42.7 Å². The predicted molar refractivity (Wildman–Crippen MR) is 179 cm³/mol. The highest BCUT2D eigenvalue weighted by Crippen LogP contribution is 2.65. The first-order chi connectivity index (χ1) is 21.7. The number of ether oxygens (including phenoxy) is 2. The third kappa shape index (κ3) is 6.46. The molecular weight excluding hydrogens is 562 g/mol.